The molecule has 0 saturated carbocycles. The van der Waals surface area contributed by atoms with Gasteiger partial charge in [-0.15, -0.1) is 0 Å². The van der Waals surface area contributed by atoms with Gasteiger partial charge < -0.3 is 14.6 Å². The summed E-state index contributed by atoms with van der Waals surface area (Å²) < 4.78 is 25.5. The number of thiazole rings is 1. The number of rotatable bonds is 7. The van der Waals surface area contributed by atoms with Crippen molar-refractivity contribution in [2.24, 2.45) is 0 Å². The number of hydrogen-bond donors (Lipinski definition) is 1. The van der Waals surface area contributed by atoms with Crippen LogP contribution in [0.2, 0.25) is 0 Å². The maximum absolute atomic E-state index is 13.9. The minimum absolute atomic E-state index is 0.0738. The van der Waals surface area contributed by atoms with Crippen LogP contribution in [-0.2, 0) is 9.59 Å². The van der Waals surface area contributed by atoms with Crippen LogP contribution in [0.1, 0.15) is 36.1 Å². The monoisotopic (exact) mass is 532 g/mol. The fourth-order valence-corrected chi connectivity index (χ4v) is 5.49. The molecular formula is C29H25FN2O5S. The summed E-state index contributed by atoms with van der Waals surface area (Å²) in [5, 5.41) is 11.7. The van der Waals surface area contributed by atoms with Gasteiger partial charge in [-0.2, -0.15) is 0 Å². The molecule has 1 unspecified atom stereocenters. The zero-order chi connectivity index (χ0) is 27.0. The van der Waals surface area contributed by atoms with Crippen LogP contribution in [0.3, 0.4) is 0 Å². The average Bonchev–Trinajstić information content (AvgIpc) is 3.45. The van der Waals surface area contributed by atoms with Crippen LogP contribution in [0.15, 0.2) is 66.2 Å². The number of fused-ring (bicyclic) bond motifs is 1. The van der Waals surface area contributed by atoms with Crippen molar-refractivity contribution in [3.63, 3.8) is 0 Å². The molecular weight excluding hydrogens is 507 g/mol. The maximum atomic E-state index is 13.9. The number of aryl methyl sites for hydroxylation is 1. The molecule has 38 heavy (non-hydrogen) atoms. The maximum Gasteiger partial charge on any atom is 0.301 e. The number of aromatic nitrogens is 1. The molecule has 0 bridgehead atoms. The molecule has 5 rings (SSSR count). The summed E-state index contributed by atoms with van der Waals surface area (Å²) in [6.45, 7) is 4.41. The third-order valence-corrected chi connectivity index (χ3v) is 7.33. The van der Waals surface area contributed by atoms with Gasteiger partial charge in [0.15, 0.2) is 5.13 Å². The van der Waals surface area contributed by atoms with Gasteiger partial charge in [-0.25, -0.2) is 9.37 Å². The number of ketones is 1. The fourth-order valence-electron chi connectivity index (χ4n) is 4.47. The van der Waals surface area contributed by atoms with Crippen molar-refractivity contribution >= 4 is 44.1 Å². The minimum atomic E-state index is -0.980. The van der Waals surface area contributed by atoms with Crippen molar-refractivity contribution in [1.29, 1.82) is 0 Å². The Morgan fingerprint density at radius 2 is 1.95 bits per heavy atom. The predicted octanol–water partition coefficient (Wildman–Crippen LogP) is 6.17. The number of carbonyl (C=O) groups excluding carboxylic acids is 2. The van der Waals surface area contributed by atoms with Gasteiger partial charge in [-0.05, 0) is 73.0 Å². The van der Waals surface area contributed by atoms with E-state index in [9.17, 15) is 19.1 Å². The average molecular weight is 533 g/mol. The van der Waals surface area contributed by atoms with Crippen LogP contribution in [0.4, 0.5) is 9.52 Å². The zero-order valence-electron chi connectivity index (χ0n) is 21.0. The molecule has 1 aliphatic rings. The molecule has 1 fully saturated rings. The zero-order valence-corrected chi connectivity index (χ0v) is 21.8. The van der Waals surface area contributed by atoms with Crippen LogP contribution in [0.25, 0.3) is 16.0 Å². The van der Waals surface area contributed by atoms with Crippen LogP contribution in [0.5, 0.6) is 11.5 Å². The Balaban J connectivity index is 1.68. The van der Waals surface area contributed by atoms with Gasteiger partial charge in [-0.3, -0.25) is 14.5 Å². The highest BCUT2D eigenvalue weighted by atomic mass is 32.1. The molecule has 0 radical (unpaired) electrons. The molecule has 2 heterocycles. The number of carbonyl (C=O) groups is 2. The topological polar surface area (TPSA) is 89.0 Å². The molecule has 4 aromatic rings. The summed E-state index contributed by atoms with van der Waals surface area (Å²) in [5.41, 5.74) is 2.13. The van der Waals surface area contributed by atoms with Crippen molar-refractivity contribution in [1.82, 2.24) is 4.98 Å². The molecule has 1 aliphatic heterocycles. The lowest BCUT2D eigenvalue weighted by Gasteiger charge is -2.23. The lowest BCUT2D eigenvalue weighted by atomic mass is 9.94. The highest BCUT2D eigenvalue weighted by molar-refractivity contribution is 7.22. The number of benzene rings is 3. The van der Waals surface area contributed by atoms with E-state index >= 15 is 0 Å². The Kier molecular flexibility index (Phi) is 6.86. The van der Waals surface area contributed by atoms with Crippen LogP contribution < -0.4 is 14.4 Å². The fraction of sp³-hybridized carbons (Fsp3) is 0.207. The van der Waals surface area contributed by atoms with Gasteiger partial charge in [-0.1, -0.05) is 30.4 Å². The summed E-state index contributed by atoms with van der Waals surface area (Å²) in [7, 11) is 1.52. The number of anilines is 1. The van der Waals surface area contributed by atoms with Crippen LogP contribution in [0, 0.1) is 12.7 Å². The Morgan fingerprint density at radius 1 is 1.13 bits per heavy atom. The first kappa shape index (κ1) is 25.4. The summed E-state index contributed by atoms with van der Waals surface area (Å²) in [5.74, 6) is -1.22. The SMILES string of the molecule is CCCOc1ccc(/C(O)=C2\C(=O)C(=O)N(c3nc4ccc(F)cc4s3)C2c2cccc(OC)c2)cc1C. The van der Waals surface area contributed by atoms with E-state index in [-0.39, 0.29) is 16.5 Å². The van der Waals surface area contributed by atoms with E-state index in [1.165, 1.54) is 30.2 Å². The van der Waals surface area contributed by atoms with Crippen LogP contribution in [-0.4, -0.2) is 35.5 Å². The second-order valence-electron chi connectivity index (χ2n) is 8.88. The first-order chi connectivity index (χ1) is 18.3. The van der Waals surface area contributed by atoms with Crippen molar-refractivity contribution in [2.45, 2.75) is 26.3 Å². The lowest BCUT2D eigenvalue weighted by Crippen LogP contribution is -2.29. The molecule has 1 N–H and O–H groups in total. The van der Waals surface area contributed by atoms with Gasteiger partial charge in [0.05, 0.1) is 35.5 Å². The third-order valence-electron chi connectivity index (χ3n) is 6.31. The van der Waals surface area contributed by atoms with Gasteiger partial charge in [0.1, 0.15) is 23.1 Å². The van der Waals surface area contributed by atoms with E-state index in [4.69, 9.17) is 9.47 Å². The molecule has 0 aliphatic carbocycles. The molecule has 1 saturated heterocycles. The molecule has 1 amide bonds. The smallest absolute Gasteiger partial charge is 0.301 e. The van der Waals surface area contributed by atoms with E-state index in [0.29, 0.717) is 39.4 Å². The number of ether oxygens (including phenoxy) is 2. The summed E-state index contributed by atoms with van der Waals surface area (Å²) in [4.78, 5) is 32.7. The largest absolute Gasteiger partial charge is 0.507 e. The molecule has 1 aromatic heterocycles. The van der Waals surface area contributed by atoms with Crippen molar-refractivity contribution in [3.05, 3.63) is 88.7 Å². The Labute approximate surface area is 222 Å². The number of aliphatic hydroxyl groups is 1. The molecule has 7 nitrogen and oxygen atoms in total. The van der Waals surface area contributed by atoms with E-state index < -0.39 is 23.5 Å². The number of amides is 1. The van der Waals surface area contributed by atoms with E-state index in [0.717, 1.165) is 23.3 Å². The number of hydrogen-bond acceptors (Lipinski definition) is 7. The van der Waals surface area contributed by atoms with Crippen molar-refractivity contribution in [3.8, 4) is 11.5 Å². The lowest BCUT2D eigenvalue weighted by molar-refractivity contribution is -0.132. The Morgan fingerprint density at radius 3 is 2.68 bits per heavy atom. The Bertz CT molecular complexity index is 1600. The minimum Gasteiger partial charge on any atom is -0.507 e. The molecule has 9 heteroatoms. The number of halogens is 1. The third kappa shape index (κ3) is 4.50. The van der Waals surface area contributed by atoms with Gasteiger partial charge in [0.2, 0.25) is 0 Å². The van der Waals surface area contributed by atoms with Gasteiger partial charge >= 0.3 is 5.91 Å². The van der Waals surface area contributed by atoms with Crippen molar-refractivity contribution < 1.29 is 28.6 Å². The Hall–Kier alpha value is -4.24. The quantitative estimate of drug-likeness (QED) is 0.174. The first-order valence-electron chi connectivity index (χ1n) is 12.1. The van der Waals surface area contributed by atoms with E-state index in [2.05, 4.69) is 4.98 Å². The highest BCUT2D eigenvalue weighted by Crippen LogP contribution is 2.45. The molecule has 0 spiro atoms. The number of methoxy groups -OCH3 is 1. The predicted molar refractivity (Wildman–Crippen MR) is 144 cm³/mol. The number of Topliss-reactive ketones (excluding diaryl/α,β-unsaturated/α-hetero) is 1. The number of aliphatic hydroxyl groups excluding tert-OH is 1. The molecule has 1 atom stereocenters. The molecule has 194 valence electrons. The second kappa shape index (κ2) is 10.3. The highest BCUT2D eigenvalue weighted by Gasteiger charge is 2.48. The first-order valence-corrected chi connectivity index (χ1v) is 12.9. The molecule has 3 aromatic carbocycles. The summed E-state index contributed by atoms with van der Waals surface area (Å²) in [6.07, 6.45) is 0.851. The number of nitrogens with zero attached hydrogens (tertiary/aromatic N) is 2. The van der Waals surface area contributed by atoms with Crippen LogP contribution >= 0.6 is 11.3 Å². The summed E-state index contributed by atoms with van der Waals surface area (Å²) in [6, 6.07) is 15.2. The van der Waals surface area contributed by atoms with E-state index in [1.54, 1.807) is 42.5 Å². The van der Waals surface area contributed by atoms with Gasteiger partial charge in [0.25, 0.3) is 5.78 Å². The summed E-state index contributed by atoms with van der Waals surface area (Å²) >= 11 is 1.09. The normalized spacial score (nSPS) is 16.8. The van der Waals surface area contributed by atoms with Crippen molar-refractivity contribution in [2.75, 3.05) is 18.6 Å². The second-order valence-corrected chi connectivity index (χ2v) is 9.89. The van der Waals surface area contributed by atoms with E-state index in [1.807, 2.05) is 13.8 Å². The standard InChI is InChI=1S/C29H25FN2O5S/c1-4-12-37-22-11-8-18(13-16(22)2)26(33)24-25(17-6-5-7-20(14-17)36-3)32(28(35)27(24)34)29-31-21-10-9-19(30)15-23(21)38-29/h5-11,13-15,25,33H,4,12H2,1-3H3/b26-24+. The van der Waals surface area contributed by atoms with Gasteiger partial charge in [0, 0.05) is 5.56 Å².